The molecule has 0 aliphatic carbocycles. The summed E-state index contributed by atoms with van der Waals surface area (Å²) in [7, 11) is 3.51. The first kappa shape index (κ1) is 16.9. The van der Waals surface area contributed by atoms with E-state index < -0.39 is 0 Å². The molecule has 0 aliphatic rings. The normalized spacial score (nSPS) is 15.5. The van der Waals surface area contributed by atoms with Crippen molar-refractivity contribution in [3.8, 4) is 0 Å². The van der Waals surface area contributed by atoms with Crippen molar-refractivity contribution in [3.63, 3.8) is 0 Å². The van der Waals surface area contributed by atoms with E-state index >= 15 is 0 Å². The molecule has 0 aliphatic heterocycles. The van der Waals surface area contributed by atoms with Crippen LogP contribution in [0.1, 0.15) is 34.1 Å². The summed E-state index contributed by atoms with van der Waals surface area (Å²) in [5.74, 6) is 0.585. The van der Waals surface area contributed by atoms with E-state index in [0.29, 0.717) is 25.5 Å². The smallest absolute Gasteiger partial charge is 0.222 e. The summed E-state index contributed by atoms with van der Waals surface area (Å²) in [6, 6.07) is 0. The minimum Gasteiger partial charge on any atom is -0.383 e. The highest BCUT2D eigenvalue weighted by molar-refractivity contribution is 9.09. The quantitative estimate of drug-likeness (QED) is 0.706. The molecule has 3 nitrogen and oxygen atoms in total. The first-order valence-corrected chi connectivity index (χ1v) is 6.97. The van der Waals surface area contributed by atoms with Crippen LogP contribution in [0.25, 0.3) is 0 Å². The Morgan fingerprint density at radius 1 is 1.41 bits per heavy atom. The van der Waals surface area contributed by atoms with Crippen molar-refractivity contribution in [2.45, 2.75) is 38.9 Å². The average Bonchev–Trinajstić information content (AvgIpc) is 2.16. The van der Waals surface area contributed by atoms with Crippen LogP contribution >= 0.6 is 15.9 Å². The lowest BCUT2D eigenvalue weighted by Gasteiger charge is -2.29. The second kappa shape index (κ2) is 7.37. The molecule has 0 aromatic rings. The van der Waals surface area contributed by atoms with Crippen molar-refractivity contribution in [1.29, 1.82) is 0 Å². The Morgan fingerprint density at radius 3 is 2.35 bits per heavy atom. The van der Waals surface area contributed by atoms with E-state index in [1.54, 1.807) is 12.0 Å². The third kappa shape index (κ3) is 7.04. The first-order valence-electron chi connectivity index (χ1n) is 6.05. The fraction of sp³-hybridized carbons (Fsp3) is 0.923. The number of halogens is 1. The van der Waals surface area contributed by atoms with Crippen molar-refractivity contribution >= 4 is 21.8 Å². The minimum absolute atomic E-state index is 0.177. The van der Waals surface area contributed by atoms with Crippen molar-refractivity contribution in [2.75, 3.05) is 27.3 Å². The summed E-state index contributed by atoms with van der Waals surface area (Å²) in [5.41, 5.74) is 0.177. The molecule has 17 heavy (non-hydrogen) atoms. The molecule has 0 heterocycles. The molecule has 2 atom stereocenters. The maximum Gasteiger partial charge on any atom is 0.222 e. The zero-order valence-electron chi connectivity index (χ0n) is 11.9. The van der Waals surface area contributed by atoms with E-state index in [-0.39, 0.29) is 16.1 Å². The predicted molar refractivity (Wildman–Crippen MR) is 75.5 cm³/mol. The number of alkyl halides is 1. The Bertz CT molecular complexity index is 238. The van der Waals surface area contributed by atoms with Crippen LogP contribution in [0.5, 0.6) is 0 Å². The summed E-state index contributed by atoms with van der Waals surface area (Å²) in [6.07, 6.45) is 0.604. The molecular weight excluding hydrogens is 282 g/mol. The second-order valence-corrected chi connectivity index (χ2v) is 7.09. The van der Waals surface area contributed by atoms with Crippen molar-refractivity contribution in [2.24, 2.45) is 11.3 Å². The summed E-state index contributed by atoms with van der Waals surface area (Å²) >= 11 is 3.49. The topological polar surface area (TPSA) is 29.5 Å². The van der Waals surface area contributed by atoms with E-state index in [4.69, 9.17) is 4.74 Å². The van der Waals surface area contributed by atoms with E-state index in [9.17, 15) is 4.79 Å². The van der Waals surface area contributed by atoms with Gasteiger partial charge in [0.05, 0.1) is 11.4 Å². The van der Waals surface area contributed by atoms with Crippen molar-refractivity contribution in [1.82, 2.24) is 4.90 Å². The molecule has 0 saturated carbocycles. The van der Waals surface area contributed by atoms with Gasteiger partial charge >= 0.3 is 0 Å². The number of nitrogens with zero attached hydrogens (tertiary/aromatic N) is 1. The molecule has 0 aromatic heterocycles. The van der Waals surface area contributed by atoms with Crippen LogP contribution in [0.3, 0.4) is 0 Å². The van der Waals surface area contributed by atoms with Gasteiger partial charge in [0.1, 0.15) is 0 Å². The van der Waals surface area contributed by atoms with Crippen LogP contribution in [-0.2, 0) is 9.53 Å². The Morgan fingerprint density at radius 2 is 1.94 bits per heavy atom. The molecule has 0 bridgehead atoms. The molecule has 0 spiro atoms. The van der Waals surface area contributed by atoms with Gasteiger partial charge in [0.15, 0.2) is 0 Å². The predicted octanol–water partition coefficient (Wildman–Crippen LogP) is 2.93. The van der Waals surface area contributed by atoms with Gasteiger partial charge in [-0.15, -0.1) is 0 Å². The molecule has 1 amide bonds. The van der Waals surface area contributed by atoms with E-state index in [0.717, 1.165) is 0 Å². The fourth-order valence-electron chi connectivity index (χ4n) is 1.36. The number of rotatable bonds is 6. The number of methoxy groups -OCH3 is 1. The van der Waals surface area contributed by atoms with Crippen molar-refractivity contribution < 1.29 is 9.53 Å². The molecule has 0 rings (SSSR count). The molecule has 0 aromatic carbocycles. The monoisotopic (exact) mass is 307 g/mol. The van der Waals surface area contributed by atoms with Gasteiger partial charge in [0, 0.05) is 27.1 Å². The summed E-state index contributed by atoms with van der Waals surface area (Å²) in [5, 5.41) is 0. The summed E-state index contributed by atoms with van der Waals surface area (Å²) in [4.78, 5) is 14.0. The zero-order valence-corrected chi connectivity index (χ0v) is 13.5. The number of hydrogen-bond acceptors (Lipinski definition) is 2. The van der Waals surface area contributed by atoms with Crippen LogP contribution in [0.15, 0.2) is 0 Å². The van der Waals surface area contributed by atoms with Gasteiger partial charge in [-0.25, -0.2) is 0 Å². The van der Waals surface area contributed by atoms with Crippen LogP contribution in [0.2, 0.25) is 0 Å². The number of hydrogen-bond donors (Lipinski definition) is 0. The molecule has 0 saturated heterocycles. The SMILES string of the molecule is COCC(Br)CN(C)C(=O)CC(C)C(C)(C)C. The van der Waals surface area contributed by atoms with Gasteiger partial charge < -0.3 is 9.64 Å². The van der Waals surface area contributed by atoms with E-state index in [1.807, 2.05) is 7.05 Å². The highest BCUT2D eigenvalue weighted by Crippen LogP contribution is 2.28. The van der Waals surface area contributed by atoms with E-state index in [1.165, 1.54) is 0 Å². The Hall–Kier alpha value is -0.0900. The molecule has 4 heteroatoms. The lowest BCUT2D eigenvalue weighted by atomic mass is 9.80. The number of ether oxygens (including phenoxy) is 1. The van der Waals surface area contributed by atoms with Gasteiger partial charge in [-0.05, 0) is 11.3 Å². The number of amides is 1. The maximum absolute atomic E-state index is 12.0. The lowest BCUT2D eigenvalue weighted by Crippen LogP contribution is -2.35. The molecule has 0 radical (unpaired) electrons. The lowest BCUT2D eigenvalue weighted by molar-refractivity contribution is -0.131. The third-order valence-corrected chi connectivity index (χ3v) is 3.76. The van der Waals surface area contributed by atoms with Crippen LogP contribution in [0.4, 0.5) is 0 Å². The van der Waals surface area contributed by atoms with Gasteiger partial charge in [-0.3, -0.25) is 4.79 Å². The molecular formula is C13H26BrNO2. The van der Waals surface area contributed by atoms with Crippen LogP contribution in [0, 0.1) is 11.3 Å². The van der Waals surface area contributed by atoms with Gasteiger partial charge in [0.2, 0.25) is 5.91 Å². The Labute approximate surface area is 114 Å². The molecule has 0 fully saturated rings. The average molecular weight is 308 g/mol. The van der Waals surface area contributed by atoms with Gasteiger partial charge in [0.25, 0.3) is 0 Å². The third-order valence-electron chi connectivity index (χ3n) is 3.20. The summed E-state index contributed by atoms with van der Waals surface area (Å²) < 4.78 is 5.03. The first-order chi connectivity index (χ1) is 7.68. The number of carbonyl (C=O) groups excluding carboxylic acids is 1. The zero-order chi connectivity index (χ0) is 13.6. The van der Waals surface area contributed by atoms with Crippen LogP contribution < -0.4 is 0 Å². The summed E-state index contributed by atoms with van der Waals surface area (Å²) in [6.45, 7) is 9.94. The highest BCUT2D eigenvalue weighted by Gasteiger charge is 2.24. The Balaban J connectivity index is 4.14. The van der Waals surface area contributed by atoms with Gasteiger partial charge in [-0.2, -0.15) is 0 Å². The van der Waals surface area contributed by atoms with Crippen LogP contribution in [-0.4, -0.2) is 42.9 Å². The molecule has 2 unspecified atom stereocenters. The highest BCUT2D eigenvalue weighted by atomic mass is 79.9. The fourth-order valence-corrected chi connectivity index (χ4v) is 2.06. The largest absolute Gasteiger partial charge is 0.383 e. The number of carbonyl (C=O) groups is 1. The standard InChI is InChI=1S/C13H26BrNO2/c1-10(13(2,3)4)7-12(16)15(5)8-11(14)9-17-6/h10-11H,7-9H2,1-6H3. The van der Waals surface area contributed by atoms with E-state index in [2.05, 4.69) is 43.6 Å². The minimum atomic E-state index is 0.177. The molecule has 102 valence electrons. The van der Waals surface area contributed by atoms with Crippen molar-refractivity contribution in [3.05, 3.63) is 0 Å². The Kier molecular flexibility index (Phi) is 7.33. The van der Waals surface area contributed by atoms with Gasteiger partial charge in [-0.1, -0.05) is 43.6 Å². The molecule has 0 N–H and O–H groups in total. The second-order valence-electron chi connectivity index (χ2n) is 5.80. The maximum atomic E-state index is 12.0.